The molecule has 194 valence electrons. The number of nitrogens with zero attached hydrogens (tertiary/aromatic N) is 1. The van der Waals surface area contributed by atoms with E-state index in [9.17, 15) is 0 Å². The van der Waals surface area contributed by atoms with Crippen molar-refractivity contribution in [3.63, 3.8) is 0 Å². The van der Waals surface area contributed by atoms with Crippen LogP contribution in [-0.2, 0) is 0 Å². The molecule has 0 amide bonds. The summed E-state index contributed by atoms with van der Waals surface area (Å²) in [5, 5.41) is 7.68. The van der Waals surface area contributed by atoms with E-state index in [1.165, 1.54) is 21.5 Å². The van der Waals surface area contributed by atoms with E-state index in [-0.39, 0.29) is 0 Å². The number of halogens is 1. The fourth-order valence-electron chi connectivity index (χ4n) is 5.97. The van der Waals surface area contributed by atoms with E-state index in [4.69, 9.17) is 16.0 Å². The Bertz CT molecular complexity index is 2180. The SMILES string of the molecule is Clc1ccc2oc3ccc(-c4ccc5c(ccc6cccc(N(c7ccccc7)c7ccccc7)c65)c4)cc3c2c1. The van der Waals surface area contributed by atoms with Crippen LogP contribution in [0.2, 0.25) is 5.02 Å². The van der Waals surface area contributed by atoms with Crippen LogP contribution in [0.1, 0.15) is 0 Å². The summed E-state index contributed by atoms with van der Waals surface area (Å²) in [7, 11) is 0. The summed E-state index contributed by atoms with van der Waals surface area (Å²) in [4.78, 5) is 2.35. The van der Waals surface area contributed by atoms with E-state index in [0.29, 0.717) is 5.02 Å². The molecule has 1 aromatic heterocycles. The molecule has 0 N–H and O–H groups in total. The lowest BCUT2D eigenvalue weighted by atomic mass is 9.95. The van der Waals surface area contributed by atoms with Gasteiger partial charge >= 0.3 is 0 Å². The first kappa shape index (κ1) is 23.8. The van der Waals surface area contributed by atoms with Crippen LogP contribution in [0.3, 0.4) is 0 Å². The third kappa shape index (κ3) is 4.04. The van der Waals surface area contributed by atoms with Gasteiger partial charge in [-0.1, -0.05) is 90.5 Å². The number of anilines is 3. The van der Waals surface area contributed by atoms with E-state index in [2.05, 4.69) is 132 Å². The lowest BCUT2D eigenvalue weighted by Crippen LogP contribution is -2.10. The first-order valence-corrected chi connectivity index (χ1v) is 14.1. The second-order valence-corrected chi connectivity index (χ2v) is 10.8. The van der Waals surface area contributed by atoms with Gasteiger partial charge in [-0.15, -0.1) is 0 Å². The molecule has 0 atom stereocenters. The Labute approximate surface area is 242 Å². The monoisotopic (exact) mass is 545 g/mol. The van der Waals surface area contributed by atoms with Crippen LogP contribution in [0.5, 0.6) is 0 Å². The van der Waals surface area contributed by atoms with Crippen molar-refractivity contribution >= 4 is 72.1 Å². The molecule has 0 aliphatic heterocycles. The van der Waals surface area contributed by atoms with Crippen molar-refractivity contribution in [2.24, 2.45) is 0 Å². The highest BCUT2D eigenvalue weighted by Crippen LogP contribution is 2.42. The standard InChI is InChI=1S/C38H24ClNO/c39-29-18-21-37-34(24-29)33-23-27(17-20-36(33)41-37)26-16-19-32-28(22-26)15-14-25-8-7-13-35(38(25)32)40(30-9-3-1-4-10-30)31-11-5-2-6-12-31/h1-24H. The second kappa shape index (κ2) is 9.55. The van der Waals surface area contributed by atoms with Crippen LogP contribution in [-0.4, -0.2) is 0 Å². The van der Waals surface area contributed by atoms with Gasteiger partial charge in [0, 0.05) is 32.6 Å². The Morgan fingerprint density at radius 3 is 1.85 bits per heavy atom. The smallest absolute Gasteiger partial charge is 0.135 e. The van der Waals surface area contributed by atoms with Gasteiger partial charge in [-0.3, -0.25) is 0 Å². The Hall–Kier alpha value is -5.05. The Morgan fingerprint density at radius 2 is 1.10 bits per heavy atom. The van der Waals surface area contributed by atoms with Crippen molar-refractivity contribution in [1.29, 1.82) is 0 Å². The van der Waals surface area contributed by atoms with Crippen LogP contribution < -0.4 is 4.90 Å². The Morgan fingerprint density at radius 1 is 0.463 bits per heavy atom. The number of fused-ring (bicyclic) bond motifs is 6. The minimum atomic E-state index is 0.707. The molecule has 0 radical (unpaired) electrons. The maximum absolute atomic E-state index is 6.31. The van der Waals surface area contributed by atoms with Crippen molar-refractivity contribution in [1.82, 2.24) is 0 Å². The predicted molar refractivity (Wildman–Crippen MR) is 174 cm³/mol. The summed E-state index contributed by atoms with van der Waals surface area (Å²) in [6.45, 7) is 0. The fraction of sp³-hybridized carbons (Fsp3) is 0. The molecule has 0 fully saturated rings. The summed E-state index contributed by atoms with van der Waals surface area (Å²) >= 11 is 6.31. The van der Waals surface area contributed by atoms with E-state index in [0.717, 1.165) is 50.1 Å². The number of benzene rings is 7. The zero-order valence-corrected chi connectivity index (χ0v) is 22.8. The largest absolute Gasteiger partial charge is 0.456 e. The average molecular weight is 546 g/mol. The maximum Gasteiger partial charge on any atom is 0.135 e. The molecule has 0 aliphatic carbocycles. The van der Waals surface area contributed by atoms with Gasteiger partial charge in [-0.25, -0.2) is 0 Å². The molecule has 1 heterocycles. The van der Waals surface area contributed by atoms with Crippen molar-refractivity contribution in [2.75, 3.05) is 4.90 Å². The van der Waals surface area contributed by atoms with E-state index in [1.807, 2.05) is 18.2 Å². The minimum Gasteiger partial charge on any atom is -0.456 e. The van der Waals surface area contributed by atoms with Gasteiger partial charge in [0.2, 0.25) is 0 Å². The van der Waals surface area contributed by atoms with Crippen molar-refractivity contribution < 1.29 is 4.42 Å². The first-order valence-electron chi connectivity index (χ1n) is 13.7. The molecule has 8 aromatic rings. The van der Waals surface area contributed by atoms with Gasteiger partial charge in [0.15, 0.2) is 0 Å². The second-order valence-electron chi connectivity index (χ2n) is 10.3. The van der Waals surface area contributed by atoms with Crippen molar-refractivity contribution in [2.45, 2.75) is 0 Å². The normalized spacial score (nSPS) is 11.5. The highest BCUT2D eigenvalue weighted by Gasteiger charge is 2.17. The van der Waals surface area contributed by atoms with Crippen molar-refractivity contribution in [3.05, 3.63) is 151 Å². The molecule has 0 unspecified atom stereocenters. The zero-order valence-electron chi connectivity index (χ0n) is 22.1. The molecular weight excluding hydrogens is 522 g/mol. The van der Waals surface area contributed by atoms with Crippen LogP contribution >= 0.6 is 11.6 Å². The zero-order chi connectivity index (χ0) is 27.3. The number of rotatable bonds is 4. The molecule has 0 aliphatic rings. The van der Waals surface area contributed by atoms with E-state index < -0.39 is 0 Å². The Kier molecular flexibility index (Phi) is 5.54. The molecule has 0 bridgehead atoms. The van der Waals surface area contributed by atoms with Crippen LogP contribution in [0.25, 0.3) is 54.6 Å². The summed E-state index contributed by atoms with van der Waals surface area (Å²) in [5.41, 5.74) is 7.42. The van der Waals surface area contributed by atoms with E-state index >= 15 is 0 Å². The van der Waals surface area contributed by atoms with Crippen LogP contribution in [0.4, 0.5) is 17.1 Å². The number of para-hydroxylation sites is 2. The third-order valence-corrected chi connectivity index (χ3v) is 8.11. The molecule has 0 saturated heterocycles. The van der Waals surface area contributed by atoms with E-state index in [1.54, 1.807) is 0 Å². The molecule has 7 aromatic carbocycles. The summed E-state index contributed by atoms with van der Waals surface area (Å²) in [6.07, 6.45) is 0. The minimum absolute atomic E-state index is 0.707. The molecular formula is C38H24ClNO. The number of hydrogen-bond acceptors (Lipinski definition) is 2. The summed E-state index contributed by atoms with van der Waals surface area (Å²) < 4.78 is 6.06. The highest BCUT2D eigenvalue weighted by molar-refractivity contribution is 6.31. The highest BCUT2D eigenvalue weighted by atomic mass is 35.5. The number of hydrogen-bond donors (Lipinski definition) is 0. The average Bonchev–Trinajstić information content (AvgIpc) is 3.39. The molecule has 2 nitrogen and oxygen atoms in total. The Balaban J connectivity index is 1.32. The fourth-order valence-corrected chi connectivity index (χ4v) is 6.15. The maximum atomic E-state index is 6.31. The molecule has 3 heteroatoms. The number of furan rings is 1. The summed E-state index contributed by atoms with van der Waals surface area (Å²) in [5.74, 6) is 0. The first-order chi connectivity index (χ1) is 20.2. The van der Waals surface area contributed by atoms with Gasteiger partial charge in [-0.2, -0.15) is 0 Å². The quantitative estimate of drug-likeness (QED) is 0.204. The topological polar surface area (TPSA) is 16.4 Å². The van der Waals surface area contributed by atoms with Crippen LogP contribution in [0, 0.1) is 0 Å². The van der Waals surface area contributed by atoms with Gasteiger partial charge in [-0.05, 0) is 94.0 Å². The molecule has 0 spiro atoms. The van der Waals surface area contributed by atoms with Gasteiger partial charge in [0.05, 0.1) is 5.69 Å². The van der Waals surface area contributed by atoms with Gasteiger partial charge in [0.25, 0.3) is 0 Å². The molecule has 8 rings (SSSR count). The van der Waals surface area contributed by atoms with Crippen molar-refractivity contribution in [3.8, 4) is 11.1 Å². The molecule has 0 saturated carbocycles. The lowest BCUT2D eigenvalue weighted by molar-refractivity contribution is 0.669. The van der Waals surface area contributed by atoms with Crippen LogP contribution in [0.15, 0.2) is 150 Å². The van der Waals surface area contributed by atoms with Gasteiger partial charge < -0.3 is 9.32 Å². The lowest BCUT2D eigenvalue weighted by Gasteiger charge is -2.27. The molecule has 41 heavy (non-hydrogen) atoms. The predicted octanol–water partition coefficient (Wildman–Crippen LogP) is 11.7. The summed E-state index contributed by atoms with van der Waals surface area (Å²) in [6, 6.07) is 51.1. The third-order valence-electron chi connectivity index (χ3n) is 7.87. The van der Waals surface area contributed by atoms with Gasteiger partial charge in [0.1, 0.15) is 11.2 Å².